The lowest BCUT2D eigenvalue weighted by atomic mass is 10.1. The quantitative estimate of drug-likeness (QED) is 0.933. The molecule has 4 heteroatoms. The molecule has 1 aromatic carbocycles. The maximum Gasteiger partial charge on any atom is 0.0542 e. The maximum atomic E-state index is 4.24. The minimum absolute atomic E-state index is 0.259. The summed E-state index contributed by atoms with van der Waals surface area (Å²) in [7, 11) is 1.95. The molecule has 1 aromatic heterocycles. The van der Waals surface area contributed by atoms with Crippen LogP contribution in [0.25, 0.3) is 0 Å². The number of rotatable bonds is 4. The largest absolute Gasteiger partial charge is 0.378 e. The molecule has 21 heavy (non-hydrogen) atoms. The molecule has 4 nitrogen and oxygen atoms in total. The third-order valence-electron chi connectivity index (χ3n) is 4.28. The zero-order valence-electron chi connectivity index (χ0n) is 13.1. The summed E-state index contributed by atoms with van der Waals surface area (Å²) in [6.07, 6.45) is 6.62. The Labute approximate surface area is 126 Å². The van der Waals surface area contributed by atoms with Gasteiger partial charge in [0, 0.05) is 43.3 Å². The molecule has 1 atom stereocenters. The number of nitrogens with zero attached hydrogens (tertiary/aromatic N) is 3. The van der Waals surface area contributed by atoms with Crippen molar-refractivity contribution in [3.05, 3.63) is 41.7 Å². The van der Waals surface area contributed by atoms with E-state index in [1.165, 1.54) is 48.4 Å². The van der Waals surface area contributed by atoms with Crippen molar-refractivity contribution in [3.63, 3.8) is 0 Å². The molecule has 1 N–H and O–H groups in total. The number of benzene rings is 1. The van der Waals surface area contributed by atoms with E-state index in [0.29, 0.717) is 0 Å². The van der Waals surface area contributed by atoms with E-state index in [-0.39, 0.29) is 6.04 Å². The van der Waals surface area contributed by atoms with Crippen molar-refractivity contribution >= 4 is 11.4 Å². The van der Waals surface area contributed by atoms with Crippen molar-refractivity contribution in [2.45, 2.75) is 32.7 Å². The third kappa shape index (κ3) is 3.04. The summed E-state index contributed by atoms with van der Waals surface area (Å²) in [6.45, 7) is 6.74. The molecule has 1 unspecified atom stereocenters. The lowest BCUT2D eigenvalue weighted by molar-refractivity contribution is 0.765. The zero-order valence-corrected chi connectivity index (χ0v) is 13.1. The average Bonchev–Trinajstić information content (AvgIpc) is 3.12. The van der Waals surface area contributed by atoms with Crippen LogP contribution in [0.4, 0.5) is 11.4 Å². The fraction of sp³-hybridized carbons (Fsp3) is 0.471. The second kappa shape index (κ2) is 5.80. The molecule has 1 saturated heterocycles. The Morgan fingerprint density at radius 2 is 2.00 bits per heavy atom. The van der Waals surface area contributed by atoms with Crippen LogP contribution in [0.1, 0.15) is 36.9 Å². The van der Waals surface area contributed by atoms with Gasteiger partial charge in [-0.15, -0.1) is 0 Å². The van der Waals surface area contributed by atoms with E-state index in [0.717, 1.165) is 0 Å². The highest BCUT2D eigenvalue weighted by Gasteiger charge is 2.14. The molecule has 0 radical (unpaired) electrons. The number of aromatic nitrogens is 2. The summed E-state index contributed by atoms with van der Waals surface area (Å²) in [4.78, 5) is 2.47. The highest BCUT2D eigenvalue weighted by atomic mass is 15.2. The first-order chi connectivity index (χ1) is 10.1. The van der Waals surface area contributed by atoms with Gasteiger partial charge in [0.25, 0.3) is 0 Å². The topological polar surface area (TPSA) is 33.1 Å². The molecule has 2 aromatic rings. The Balaban J connectivity index is 1.73. The minimum Gasteiger partial charge on any atom is -0.378 e. The maximum absolute atomic E-state index is 4.24. The summed E-state index contributed by atoms with van der Waals surface area (Å²) < 4.78 is 1.84. The number of aryl methyl sites for hydroxylation is 2. The van der Waals surface area contributed by atoms with E-state index in [1.54, 1.807) is 0 Å². The highest BCUT2D eigenvalue weighted by molar-refractivity contribution is 5.61. The van der Waals surface area contributed by atoms with Gasteiger partial charge in [-0.1, -0.05) is 0 Å². The van der Waals surface area contributed by atoms with Crippen LogP contribution >= 0.6 is 0 Å². The van der Waals surface area contributed by atoms with Gasteiger partial charge in [-0.3, -0.25) is 4.68 Å². The monoisotopic (exact) mass is 284 g/mol. The zero-order chi connectivity index (χ0) is 14.8. The first-order valence-electron chi connectivity index (χ1n) is 7.74. The molecule has 0 aliphatic carbocycles. The van der Waals surface area contributed by atoms with Gasteiger partial charge in [0.15, 0.2) is 0 Å². The smallest absolute Gasteiger partial charge is 0.0542 e. The van der Waals surface area contributed by atoms with Gasteiger partial charge in [-0.2, -0.15) is 5.10 Å². The van der Waals surface area contributed by atoms with Crippen LogP contribution in [0, 0.1) is 6.92 Å². The van der Waals surface area contributed by atoms with Crippen LogP contribution in [0.5, 0.6) is 0 Å². The third-order valence-corrected chi connectivity index (χ3v) is 4.28. The molecule has 2 heterocycles. The van der Waals surface area contributed by atoms with Crippen LogP contribution in [-0.4, -0.2) is 22.9 Å². The standard InChI is InChI=1S/C17H24N4/c1-13-10-16(21-8-4-5-9-21)6-7-17(13)19-14(2)15-11-18-20(3)12-15/h6-7,10-12,14,19H,4-5,8-9H2,1-3H3. The van der Waals surface area contributed by atoms with Crippen LogP contribution in [-0.2, 0) is 7.05 Å². The van der Waals surface area contributed by atoms with Gasteiger partial charge in [0.05, 0.1) is 12.2 Å². The summed E-state index contributed by atoms with van der Waals surface area (Å²) in [5.41, 5.74) is 5.06. The Bertz CT molecular complexity index is 611. The Morgan fingerprint density at radius 1 is 1.24 bits per heavy atom. The van der Waals surface area contributed by atoms with Gasteiger partial charge in [0.1, 0.15) is 0 Å². The van der Waals surface area contributed by atoms with E-state index in [2.05, 4.69) is 53.6 Å². The van der Waals surface area contributed by atoms with Crippen molar-refractivity contribution in [1.82, 2.24) is 9.78 Å². The SMILES string of the molecule is Cc1cc(N2CCCC2)ccc1NC(C)c1cnn(C)c1. The molecule has 3 rings (SSSR count). The van der Waals surface area contributed by atoms with E-state index < -0.39 is 0 Å². The Kier molecular flexibility index (Phi) is 3.86. The fourth-order valence-electron chi connectivity index (χ4n) is 2.96. The van der Waals surface area contributed by atoms with E-state index >= 15 is 0 Å². The Hall–Kier alpha value is -1.97. The Morgan fingerprint density at radius 3 is 2.62 bits per heavy atom. The predicted octanol–water partition coefficient (Wildman–Crippen LogP) is 3.50. The fourth-order valence-corrected chi connectivity index (χ4v) is 2.96. The van der Waals surface area contributed by atoms with E-state index in [9.17, 15) is 0 Å². The molecular weight excluding hydrogens is 260 g/mol. The van der Waals surface area contributed by atoms with Crippen molar-refractivity contribution in [2.75, 3.05) is 23.3 Å². The number of hydrogen-bond donors (Lipinski definition) is 1. The summed E-state index contributed by atoms with van der Waals surface area (Å²) >= 11 is 0. The van der Waals surface area contributed by atoms with Gasteiger partial charge in [-0.25, -0.2) is 0 Å². The predicted molar refractivity (Wildman–Crippen MR) is 87.9 cm³/mol. The van der Waals surface area contributed by atoms with E-state index in [4.69, 9.17) is 0 Å². The molecule has 0 bridgehead atoms. The molecule has 0 amide bonds. The normalized spacial score (nSPS) is 16.2. The second-order valence-corrected chi connectivity index (χ2v) is 6.01. The lowest BCUT2D eigenvalue weighted by Crippen LogP contribution is -2.17. The van der Waals surface area contributed by atoms with E-state index in [1.807, 2.05) is 17.9 Å². The highest BCUT2D eigenvalue weighted by Crippen LogP contribution is 2.27. The molecular formula is C17H24N4. The first kappa shape index (κ1) is 14.0. The number of anilines is 2. The summed E-state index contributed by atoms with van der Waals surface area (Å²) in [5, 5.41) is 7.82. The molecule has 0 spiro atoms. The van der Waals surface area contributed by atoms with Crippen LogP contribution in [0.3, 0.4) is 0 Å². The summed E-state index contributed by atoms with van der Waals surface area (Å²) in [6, 6.07) is 6.99. The minimum atomic E-state index is 0.259. The average molecular weight is 284 g/mol. The van der Waals surface area contributed by atoms with Gasteiger partial charge in [-0.05, 0) is 50.5 Å². The second-order valence-electron chi connectivity index (χ2n) is 6.01. The van der Waals surface area contributed by atoms with Gasteiger partial charge < -0.3 is 10.2 Å². The molecule has 1 aliphatic heterocycles. The van der Waals surface area contributed by atoms with Crippen molar-refractivity contribution in [1.29, 1.82) is 0 Å². The molecule has 1 aliphatic rings. The van der Waals surface area contributed by atoms with Gasteiger partial charge in [0.2, 0.25) is 0 Å². The lowest BCUT2D eigenvalue weighted by Gasteiger charge is -2.21. The van der Waals surface area contributed by atoms with Crippen molar-refractivity contribution in [3.8, 4) is 0 Å². The van der Waals surface area contributed by atoms with Crippen LogP contribution in [0.15, 0.2) is 30.6 Å². The van der Waals surface area contributed by atoms with Crippen LogP contribution < -0.4 is 10.2 Å². The van der Waals surface area contributed by atoms with Crippen LogP contribution in [0.2, 0.25) is 0 Å². The van der Waals surface area contributed by atoms with Gasteiger partial charge >= 0.3 is 0 Å². The molecule has 0 saturated carbocycles. The number of nitrogens with one attached hydrogen (secondary N) is 1. The van der Waals surface area contributed by atoms with Crippen molar-refractivity contribution < 1.29 is 0 Å². The first-order valence-corrected chi connectivity index (χ1v) is 7.74. The molecule has 112 valence electrons. The molecule has 1 fully saturated rings. The summed E-state index contributed by atoms with van der Waals surface area (Å²) in [5.74, 6) is 0. The van der Waals surface area contributed by atoms with Crippen molar-refractivity contribution in [2.24, 2.45) is 7.05 Å². The number of hydrogen-bond acceptors (Lipinski definition) is 3.